The second-order valence-corrected chi connectivity index (χ2v) is 7.01. The van der Waals surface area contributed by atoms with E-state index in [-0.39, 0.29) is 12.1 Å². The van der Waals surface area contributed by atoms with Gasteiger partial charge in [0.1, 0.15) is 0 Å². The number of rotatable bonds is 9. The average Bonchev–Trinajstić information content (AvgIpc) is 2.76. The van der Waals surface area contributed by atoms with Gasteiger partial charge in [-0.1, -0.05) is 62.4 Å². The molecule has 4 N–H and O–H groups in total. The van der Waals surface area contributed by atoms with Gasteiger partial charge in [-0.3, -0.25) is 4.99 Å². The van der Waals surface area contributed by atoms with Crippen molar-refractivity contribution < 1.29 is 13.2 Å². The van der Waals surface area contributed by atoms with Crippen molar-refractivity contribution in [3.8, 4) is 0 Å². The van der Waals surface area contributed by atoms with Gasteiger partial charge in [0.05, 0.1) is 17.8 Å². The number of hydrogen-bond donors (Lipinski definition) is 3. The number of aliphatic imine (C=N–C) groups is 1. The van der Waals surface area contributed by atoms with Crippen LogP contribution in [0.25, 0.3) is 5.70 Å². The first-order chi connectivity index (χ1) is 14.8. The number of nitrogens with two attached hydrogens (primary N) is 1. The monoisotopic (exact) mass is 430 g/mol. The Kier molecular flexibility index (Phi) is 8.73. The Morgan fingerprint density at radius 2 is 1.74 bits per heavy atom. The molecule has 7 heteroatoms. The molecule has 0 aromatic heterocycles. The van der Waals surface area contributed by atoms with Crippen LogP contribution in [0.4, 0.5) is 13.2 Å². The molecule has 0 saturated carbocycles. The van der Waals surface area contributed by atoms with Crippen molar-refractivity contribution >= 4 is 11.5 Å². The number of nitrogens with one attached hydrogen (secondary N) is 2. The minimum Gasteiger partial charge on any atom is -0.403 e. The molecule has 4 nitrogen and oxygen atoms in total. The highest BCUT2D eigenvalue weighted by molar-refractivity contribution is 6.02. The number of amidine groups is 1. The smallest absolute Gasteiger partial charge is 0.403 e. The van der Waals surface area contributed by atoms with Gasteiger partial charge in [-0.15, -0.1) is 0 Å². The van der Waals surface area contributed by atoms with Gasteiger partial charge < -0.3 is 16.4 Å². The Morgan fingerprint density at radius 1 is 1.10 bits per heavy atom. The lowest BCUT2D eigenvalue weighted by Crippen LogP contribution is -2.30. The van der Waals surface area contributed by atoms with Crippen molar-refractivity contribution in [1.29, 1.82) is 0 Å². The Morgan fingerprint density at radius 3 is 2.35 bits per heavy atom. The van der Waals surface area contributed by atoms with Crippen molar-refractivity contribution in [1.82, 2.24) is 10.6 Å². The molecule has 0 unspecified atom stereocenters. The van der Waals surface area contributed by atoms with E-state index in [9.17, 15) is 13.2 Å². The number of likely N-dealkylation sites (N-methyl/N-ethyl adjacent to an activating group) is 1. The quantitative estimate of drug-likeness (QED) is 0.377. The molecule has 0 radical (unpaired) electrons. The molecule has 31 heavy (non-hydrogen) atoms. The SMILES string of the molecule is C=C(NC(=NCc1ccccc1C(F)(F)F)/C(=C\N)NC)c1ccccc1CCCC. The van der Waals surface area contributed by atoms with Crippen LogP contribution < -0.4 is 16.4 Å². The first kappa shape index (κ1) is 24.1. The summed E-state index contributed by atoms with van der Waals surface area (Å²) in [6.45, 7) is 6.09. The fraction of sp³-hybridized carbons (Fsp3) is 0.292. The van der Waals surface area contributed by atoms with E-state index in [4.69, 9.17) is 5.73 Å². The van der Waals surface area contributed by atoms with Crippen LogP contribution in [0.2, 0.25) is 0 Å². The van der Waals surface area contributed by atoms with E-state index in [2.05, 4.69) is 29.1 Å². The van der Waals surface area contributed by atoms with Crippen LogP contribution in [0, 0.1) is 0 Å². The zero-order valence-electron chi connectivity index (χ0n) is 17.9. The second kappa shape index (κ2) is 11.2. The van der Waals surface area contributed by atoms with E-state index in [0.717, 1.165) is 36.5 Å². The molecule has 0 aliphatic heterocycles. The van der Waals surface area contributed by atoms with Crippen LogP contribution in [0.5, 0.6) is 0 Å². The third kappa shape index (κ3) is 6.64. The predicted molar refractivity (Wildman–Crippen MR) is 121 cm³/mol. The van der Waals surface area contributed by atoms with Crippen molar-refractivity contribution in [3.63, 3.8) is 0 Å². The summed E-state index contributed by atoms with van der Waals surface area (Å²) in [5.41, 5.74) is 8.22. The minimum absolute atomic E-state index is 0.0794. The van der Waals surface area contributed by atoms with Crippen molar-refractivity contribution in [2.45, 2.75) is 38.9 Å². The number of halogens is 3. The molecular formula is C24H29F3N4. The van der Waals surface area contributed by atoms with Gasteiger partial charge in [0, 0.05) is 24.5 Å². The molecule has 0 heterocycles. The molecule has 0 spiro atoms. The molecule has 0 fully saturated rings. The maximum atomic E-state index is 13.3. The zero-order valence-corrected chi connectivity index (χ0v) is 17.9. The van der Waals surface area contributed by atoms with Crippen LogP contribution in [0.15, 0.2) is 72.0 Å². The zero-order chi connectivity index (χ0) is 22.9. The van der Waals surface area contributed by atoms with Gasteiger partial charge >= 0.3 is 6.18 Å². The Balaban J connectivity index is 2.34. The molecule has 0 amide bonds. The maximum Gasteiger partial charge on any atom is 0.416 e. The standard InChI is InChI=1S/C24H29F3N4/c1-4-5-10-18-11-6-8-13-20(18)17(2)31-23(22(15-28)29-3)30-16-19-12-7-9-14-21(19)24(25,26)27/h6-9,11-15,29H,2,4-5,10,16,28H2,1,3H3,(H,30,31)/b22-15+. The lowest BCUT2D eigenvalue weighted by atomic mass is 10.00. The topological polar surface area (TPSA) is 62.4 Å². The summed E-state index contributed by atoms with van der Waals surface area (Å²) in [7, 11) is 1.66. The van der Waals surface area contributed by atoms with Gasteiger partial charge in [-0.25, -0.2) is 0 Å². The summed E-state index contributed by atoms with van der Waals surface area (Å²) in [5.74, 6) is 0.317. The van der Waals surface area contributed by atoms with Gasteiger partial charge in [0.2, 0.25) is 0 Å². The van der Waals surface area contributed by atoms with E-state index in [1.54, 1.807) is 13.1 Å². The Labute approximate surface area is 181 Å². The highest BCUT2D eigenvalue weighted by Crippen LogP contribution is 2.32. The number of unbranched alkanes of at least 4 members (excludes halogenated alkanes) is 1. The van der Waals surface area contributed by atoms with Gasteiger partial charge in [0.25, 0.3) is 0 Å². The second-order valence-electron chi connectivity index (χ2n) is 7.01. The van der Waals surface area contributed by atoms with Crippen LogP contribution in [0.1, 0.15) is 42.0 Å². The van der Waals surface area contributed by atoms with Crippen LogP contribution in [-0.4, -0.2) is 12.9 Å². The Hall–Kier alpha value is -3.22. The summed E-state index contributed by atoms with van der Waals surface area (Å²) < 4.78 is 40.0. The van der Waals surface area contributed by atoms with E-state index in [1.165, 1.54) is 18.3 Å². The number of aryl methyl sites for hydroxylation is 1. The fourth-order valence-electron chi connectivity index (χ4n) is 3.18. The fourth-order valence-corrected chi connectivity index (χ4v) is 3.18. The summed E-state index contributed by atoms with van der Waals surface area (Å²) in [5, 5.41) is 6.06. The third-order valence-corrected chi connectivity index (χ3v) is 4.83. The largest absolute Gasteiger partial charge is 0.416 e. The van der Waals surface area contributed by atoms with E-state index < -0.39 is 11.7 Å². The Bertz CT molecular complexity index is 946. The molecular weight excluding hydrogens is 401 g/mol. The first-order valence-corrected chi connectivity index (χ1v) is 10.2. The minimum atomic E-state index is -4.45. The van der Waals surface area contributed by atoms with Crippen molar-refractivity contribution in [2.75, 3.05) is 7.05 Å². The van der Waals surface area contributed by atoms with E-state index in [1.807, 2.05) is 24.3 Å². The van der Waals surface area contributed by atoms with E-state index >= 15 is 0 Å². The summed E-state index contributed by atoms with van der Waals surface area (Å²) in [4.78, 5) is 4.40. The van der Waals surface area contributed by atoms with Crippen LogP contribution in [-0.2, 0) is 19.1 Å². The molecule has 0 aliphatic rings. The normalized spacial score (nSPS) is 12.5. The molecule has 2 aromatic rings. The van der Waals surface area contributed by atoms with Gasteiger partial charge in [-0.2, -0.15) is 13.2 Å². The van der Waals surface area contributed by atoms with Crippen molar-refractivity contribution in [2.24, 2.45) is 10.7 Å². The molecule has 0 atom stereocenters. The predicted octanol–water partition coefficient (Wildman–Crippen LogP) is 5.23. The summed E-state index contributed by atoms with van der Waals surface area (Å²) >= 11 is 0. The van der Waals surface area contributed by atoms with Gasteiger partial charge in [0.15, 0.2) is 5.84 Å². The molecule has 0 aliphatic carbocycles. The molecule has 0 bridgehead atoms. The highest BCUT2D eigenvalue weighted by Gasteiger charge is 2.32. The molecule has 2 rings (SSSR count). The molecule has 2 aromatic carbocycles. The summed E-state index contributed by atoms with van der Waals surface area (Å²) in [6, 6.07) is 13.3. The first-order valence-electron chi connectivity index (χ1n) is 10.2. The molecule has 0 saturated heterocycles. The lowest BCUT2D eigenvalue weighted by Gasteiger charge is -2.18. The van der Waals surface area contributed by atoms with Crippen molar-refractivity contribution in [3.05, 3.63) is 89.3 Å². The van der Waals surface area contributed by atoms with Gasteiger partial charge in [-0.05, 0) is 30.0 Å². The number of nitrogens with zero attached hydrogens (tertiary/aromatic N) is 1. The highest BCUT2D eigenvalue weighted by atomic mass is 19.4. The third-order valence-electron chi connectivity index (χ3n) is 4.83. The van der Waals surface area contributed by atoms with Crippen LogP contribution >= 0.6 is 0 Å². The van der Waals surface area contributed by atoms with E-state index in [0.29, 0.717) is 17.2 Å². The number of alkyl halides is 3. The summed E-state index contributed by atoms with van der Waals surface area (Å²) in [6.07, 6.45) is -0.109. The van der Waals surface area contributed by atoms with Crippen LogP contribution in [0.3, 0.4) is 0 Å². The lowest BCUT2D eigenvalue weighted by molar-refractivity contribution is -0.138. The maximum absolute atomic E-state index is 13.3. The number of hydrogen-bond acceptors (Lipinski definition) is 3. The average molecular weight is 431 g/mol. The molecule has 166 valence electrons. The number of benzene rings is 2.